The van der Waals surface area contributed by atoms with E-state index in [9.17, 15) is 0 Å². The molecule has 1 aromatic heterocycles. The molecule has 1 N–H and O–H groups in total. The molecule has 0 aliphatic heterocycles. The van der Waals surface area contributed by atoms with Crippen LogP contribution in [0.25, 0.3) is 0 Å². The van der Waals surface area contributed by atoms with Crippen LogP contribution >= 0.6 is 0 Å². The van der Waals surface area contributed by atoms with Crippen molar-refractivity contribution in [3.63, 3.8) is 0 Å². The summed E-state index contributed by atoms with van der Waals surface area (Å²) in [5, 5.41) is 0. The smallest absolute Gasteiger partial charge is 0.0385 e. The lowest BCUT2D eigenvalue weighted by molar-refractivity contribution is 0.308. The zero-order valence-electron chi connectivity index (χ0n) is 15.2. The van der Waals surface area contributed by atoms with Gasteiger partial charge in [0.05, 0.1) is 0 Å². The van der Waals surface area contributed by atoms with Gasteiger partial charge in [0.15, 0.2) is 0 Å². The summed E-state index contributed by atoms with van der Waals surface area (Å²) in [6, 6.07) is 25.6. The van der Waals surface area contributed by atoms with Gasteiger partial charge < -0.3 is 4.98 Å². The number of nitrogens with one attached hydrogen (secondary N) is 1. The molecule has 3 rings (SSSR count). The van der Waals surface area contributed by atoms with Gasteiger partial charge in [0.1, 0.15) is 0 Å². The van der Waals surface area contributed by atoms with Gasteiger partial charge in [-0.3, -0.25) is 9.80 Å². The normalized spacial score (nSPS) is 11.4. The van der Waals surface area contributed by atoms with Crippen molar-refractivity contribution in [1.82, 2.24) is 14.8 Å². The molecule has 0 radical (unpaired) electrons. The van der Waals surface area contributed by atoms with Crippen LogP contribution in [-0.2, 0) is 26.2 Å². The standard InChI is InChI=1S/C22H27N3/c1-24(15-19-9-5-3-6-10-19)17-21-13-14-22(23-21)18-25(2)16-20-11-7-4-8-12-20/h3-14,23H,15-18H2,1-2H3. The maximum absolute atomic E-state index is 3.56. The summed E-state index contributed by atoms with van der Waals surface area (Å²) in [6.07, 6.45) is 0. The molecule has 0 bridgehead atoms. The molecule has 2 aromatic carbocycles. The topological polar surface area (TPSA) is 22.3 Å². The first-order chi connectivity index (χ1) is 12.2. The van der Waals surface area contributed by atoms with Crippen LogP contribution in [0.3, 0.4) is 0 Å². The Morgan fingerprint density at radius 3 is 1.36 bits per heavy atom. The molecule has 0 fully saturated rings. The summed E-state index contributed by atoms with van der Waals surface area (Å²) < 4.78 is 0. The van der Waals surface area contributed by atoms with Gasteiger partial charge >= 0.3 is 0 Å². The number of nitrogens with zero attached hydrogens (tertiary/aromatic N) is 2. The number of hydrogen-bond donors (Lipinski definition) is 1. The van der Waals surface area contributed by atoms with Crippen molar-refractivity contribution in [1.29, 1.82) is 0 Å². The van der Waals surface area contributed by atoms with E-state index in [0.717, 1.165) is 26.2 Å². The van der Waals surface area contributed by atoms with E-state index in [2.05, 4.69) is 102 Å². The summed E-state index contributed by atoms with van der Waals surface area (Å²) in [5.74, 6) is 0. The van der Waals surface area contributed by atoms with E-state index in [4.69, 9.17) is 0 Å². The second-order valence-electron chi connectivity index (χ2n) is 6.82. The van der Waals surface area contributed by atoms with Crippen LogP contribution in [0.2, 0.25) is 0 Å². The van der Waals surface area contributed by atoms with Crippen molar-refractivity contribution in [3.8, 4) is 0 Å². The van der Waals surface area contributed by atoms with Gasteiger partial charge in [-0.05, 0) is 37.4 Å². The van der Waals surface area contributed by atoms with E-state index in [0.29, 0.717) is 0 Å². The summed E-state index contributed by atoms with van der Waals surface area (Å²) in [4.78, 5) is 8.23. The Morgan fingerprint density at radius 2 is 0.960 bits per heavy atom. The van der Waals surface area contributed by atoms with Crippen LogP contribution in [0, 0.1) is 0 Å². The first-order valence-electron chi connectivity index (χ1n) is 8.81. The Kier molecular flexibility index (Phi) is 6.04. The molecular formula is C22H27N3. The fraction of sp³-hybridized carbons (Fsp3) is 0.273. The monoisotopic (exact) mass is 333 g/mol. The van der Waals surface area contributed by atoms with Crippen LogP contribution in [0.4, 0.5) is 0 Å². The van der Waals surface area contributed by atoms with Gasteiger partial charge in [0.2, 0.25) is 0 Å². The lowest BCUT2D eigenvalue weighted by atomic mass is 10.2. The molecule has 25 heavy (non-hydrogen) atoms. The number of H-pyrrole nitrogens is 1. The fourth-order valence-corrected chi connectivity index (χ4v) is 3.16. The summed E-state index contributed by atoms with van der Waals surface area (Å²) in [7, 11) is 4.32. The van der Waals surface area contributed by atoms with Gasteiger partial charge in [-0.1, -0.05) is 60.7 Å². The molecule has 3 aromatic rings. The van der Waals surface area contributed by atoms with Crippen LogP contribution in [0.1, 0.15) is 22.5 Å². The number of aromatic amines is 1. The second kappa shape index (κ2) is 8.65. The predicted octanol–water partition coefficient (Wildman–Crippen LogP) is 4.28. The van der Waals surface area contributed by atoms with Crippen molar-refractivity contribution in [2.45, 2.75) is 26.2 Å². The summed E-state index contributed by atoms with van der Waals surface area (Å²) in [5.41, 5.74) is 5.22. The number of benzene rings is 2. The molecule has 0 spiro atoms. The number of hydrogen-bond acceptors (Lipinski definition) is 2. The third-order valence-corrected chi connectivity index (χ3v) is 4.28. The van der Waals surface area contributed by atoms with Crippen LogP contribution in [-0.4, -0.2) is 28.9 Å². The van der Waals surface area contributed by atoms with Crippen LogP contribution in [0.15, 0.2) is 72.8 Å². The highest BCUT2D eigenvalue weighted by Crippen LogP contribution is 2.11. The largest absolute Gasteiger partial charge is 0.360 e. The van der Waals surface area contributed by atoms with Crippen molar-refractivity contribution >= 4 is 0 Å². The van der Waals surface area contributed by atoms with Gasteiger partial charge in [-0.2, -0.15) is 0 Å². The SMILES string of the molecule is CN(Cc1ccccc1)Cc1ccc(CN(C)Cc2ccccc2)[nH]1. The molecule has 130 valence electrons. The van der Waals surface area contributed by atoms with E-state index in [1.165, 1.54) is 22.5 Å². The van der Waals surface area contributed by atoms with Crippen molar-refractivity contribution in [3.05, 3.63) is 95.3 Å². The van der Waals surface area contributed by atoms with E-state index in [-0.39, 0.29) is 0 Å². The lowest BCUT2D eigenvalue weighted by Crippen LogP contribution is -2.18. The van der Waals surface area contributed by atoms with Crippen molar-refractivity contribution < 1.29 is 0 Å². The second-order valence-corrected chi connectivity index (χ2v) is 6.82. The van der Waals surface area contributed by atoms with Crippen LogP contribution < -0.4 is 0 Å². The Balaban J connectivity index is 1.50. The molecular weight excluding hydrogens is 306 g/mol. The molecule has 1 heterocycles. The Bertz CT molecular complexity index is 685. The minimum atomic E-state index is 0.928. The number of aromatic nitrogens is 1. The highest BCUT2D eigenvalue weighted by atomic mass is 15.1. The zero-order chi connectivity index (χ0) is 17.5. The average Bonchev–Trinajstić information content (AvgIpc) is 3.03. The van der Waals surface area contributed by atoms with Crippen molar-refractivity contribution in [2.75, 3.05) is 14.1 Å². The Labute approximate surface area is 150 Å². The lowest BCUT2D eigenvalue weighted by Gasteiger charge is -2.17. The molecule has 3 heteroatoms. The summed E-state index contributed by atoms with van der Waals surface area (Å²) in [6.45, 7) is 3.78. The first kappa shape index (κ1) is 17.5. The molecule has 0 atom stereocenters. The third kappa shape index (κ3) is 5.59. The molecule has 0 unspecified atom stereocenters. The fourth-order valence-electron chi connectivity index (χ4n) is 3.16. The van der Waals surface area contributed by atoms with E-state index < -0.39 is 0 Å². The highest BCUT2D eigenvalue weighted by molar-refractivity contribution is 5.17. The molecule has 0 amide bonds. The number of rotatable bonds is 8. The molecule has 0 saturated carbocycles. The van der Waals surface area contributed by atoms with Gasteiger partial charge in [-0.15, -0.1) is 0 Å². The average molecular weight is 333 g/mol. The minimum absolute atomic E-state index is 0.928. The van der Waals surface area contributed by atoms with E-state index in [1.54, 1.807) is 0 Å². The van der Waals surface area contributed by atoms with Crippen molar-refractivity contribution in [2.24, 2.45) is 0 Å². The Morgan fingerprint density at radius 1 is 0.560 bits per heavy atom. The van der Waals surface area contributed by atoms with E-state index in [1.807, 2.05) is 0 Å². The first-order valence-corrected chi connectivity index (χ1v) is 8.81. The minimum Gasteiger partial charge on any atom is -0.360 e. The molecule has 0 aliphatic carbocycles. The van der Waals surface area contributed by atoms with Gasteiger partial charge in [0.25, 0.3) is 0 Å². The van der Waals surface area contributed by atoms with Crippen LogP contribution in [0.5, 0.6) is 0 Å². The zero-order valence-corrected chi connectivity index (χ0v) is 15.2. The van der Waals surface area contributed by atoms with Gasteiger partial charge in [0, 0.05) is 37.6 Å². The maximum Gasteiger partial charge on any atom is 0.0385 e. The molecule has 0 saturated heterocycles. The highest BCUT2D eigenvalue weighted by Gasteiger charge is 2.06. The van der Waals surface area contributed by atoms with Gasteiger partial charge in [-0.25, -0.2) is 0 Å². The maximum atomic E-state index is 3.56. The summed E-state index contributed by atoms with van der Waals surface area (Å²) >= 11 is 0. The Hall–Kier alpha value is -2.36. The van der Waals surface area contributed by atoms with E-state index >= 15 is 0 Å². The quantitative estimate of drug-likeness (QED) is 0.665. The molecule has 3 nitrogen and oxygen atoms in total. The molecule has 0 aliphatic rings. The predicted molar refractivity (Wildman–Crippen MR) is 104 cm³/mol. The third-order valence-electron chi connectivity index (χ3n) is 4.28.